The lowest BCUT2D eigenvalue weighted by Gasteiger charge is -2.21. The molecule has 6 nitrogen and oxygen atoms in total. The number of rotatable bonds is 6. The third-order valence-corrected chi connectivity index (χ3v) is 6.31. The van der Waals surface area contributed by atoms with Crippen LogP contribution in [0.4, 0.5) is 0 Å². The van der Waals surface area contributed by atoms with Crippen molar-refractivity contribution >= 4 is 15.9 Å². The van der Waals surface area contributed by atoms with Gasteiger partial charge in [-0.2, -0.15) is 0 Å². The lowest BCUT2D eigenvalue weighted by molar-refractivity contribution is 0.0928. The van der Waals surface area contributed by atoms with E-state index in [1.807, 2.05) is 32.0 Å². The number of carbonyl (C=O) groups is 1. The molecule has 1 aliphatic rings. The van der Waals surface area contributed by atoms with Crippen LogP contribution in [0.15, 0.2) is 30.3 Å². The maximum absolute atomic E-state index is 13.0. The zero-order valence-electron chi connectivity index (χ0n) is 17.0. The van der Waals surface area contributed by atoms with E-state index in [9.17, 15) is 13.2 Å². The number of sulfonamides is 1. The van der Waals surface area contributed by atoms with Gasteiger partial charge in [-0.15, -0.1) is 0 Å². The van der Waals surface area contributed by atoms with Crippen molar-refractivity contribution in [3.8, 4) is 5.69 Å². The highest BCUT2D eigenvalue weighted by Gasteiger charge is 2.30. The quantitative estimate of drug-likeness (QED) is 0.778. The Kier molecular flexibility index (Phi) is 5.95. The SMILES string of the molecule is Cc1ccccc1-n1c(C)cc(C(=O)NC2CCCC2CNS(C)(=O)=O)c1C. The Labute approximate surface area is 167 Å². The van der Waals surface area contributed by atoms with Gasteiger partial charge in [0.15, 0.2) is 0 Å². The summed E-state index contributed by atoms with van der Waals surface area (Å²) in [6.45, 7) is 6.40. The van der Waals surface area contributed by atoms with Gasteiger partial charge in [0, 0.05) is 29.7 Å². The van der Waals surface area contributed by atoms with Gasteiger partial charge in [0.2, 0.25) is 10.0 Å². The Hall–Kier alpha value is -2.12. The second-order valence-corrected chi connectivity index (χ2v) is 9.63. The minimum atomic E-state index is -3.23. The van der Waals surface area contributed by atoms with Crippen LogP contribution in [-0.2, 0) is 10.0 Å². The van der Waals surface area contributed by atoms with Gasteiger partial charge in [0.05, 0.1) is 11.8 Å². The van der Waals surface area contributed by atoms with Crippen molar-refractivity contribution in [2.45, 2.75) is 46.1 Å². The number of nitrogens with zero attached hydrogens (tertiary/aromatic N) is 1. The molecule has 28 heavy (non-hydrogen) atoms. The highest BCUT2D eigenvalue weighted by atomic mass is 32.2. The Morgan fingerprint density at radius 3 is 2.57 bits per heavy atom. The second kappa shape index (κ2) is 8.09. The highest BCUT2D eigenvalue weighted by molar-refractivity contribution is 7.88. The van der Waals surface area contributed by atoms with Crippen LogP contribution in [0, 0.1) is 26.7 Å². The third kappa shape index (κ3) is 4.47. The number of hydrogen-bond donors (Lipinski definition) is 2. The number of aryl methyl sites for hydroxylation is 2. The standard InChI is InChI=1S/C21H29N3O3S/c1-14-8-5-6-11-20(14)24-15(2)12-18(16(24)3)21(25)23-19-10-7-9-17(19)13-22-28(4,26)27/h5-6,8,11-12,17,19,22H,7,9-10,13H2,1-4H3,(H,23,25). The molecule has 2 N–H and O–H groups in total. The summed E-state index contributed by atoms with van der Waals surface area (Å²) < 4.78 is 27.5. The van der Waals surface area contributed by atoms with Crippen LogP contribution < -0.4 is 10.0 Å². The zero-order valence-corrected chi connectivity index (χ0v) is 17.8. The summed E-state index contributed by atoms with van der Waals surface area (Å²) in [4.78, 5) is 13.0. The first kappa shape index (κ1) is 20.6. The Morgan fingerprint density at radius 2 is 1.89 bits per heavy atom. The van der Waals surface area contributed by atoms with E-state index in [-0.39, 0.29) is 17.9 Å². The van der Waals surface area contributed by atoms with Crippen molar-refractivity contribution in [2.75, 3.05) is 12.8 Å². The maximum Gasteiger partial charge on any atom is 0.253 e. The Balaban J connectivity index is 1.78. The van der Waals surface area contributed by atoms with E-state index in [4.69, 9.17) is 0 Å². The van der Waals surface area contributed by atoms with Crippen molar-refractivity contribution in [1.82, 2.24) is 14.6 Å². The zero-order chi connectivity index (χ0) is 20.5. The summed E-state index contributed by atoms with van der Waals surface area (Å²) in [5.41, 5.74) is 4.82. The summed E-state index contributed by atoms with van der Waals surface area (Å²) in [6.07, 6.45) is 3.94. The first-order chi connectivity index (χ1) is 13.2. The van der Waals surface area contributed by atoms with Crippen LogP contribution in [-0.4, -0.2) is 37.7 Å². The highest BCUT2D eigenvalue weighted by Crippen LogP contribution is 2.27. The minimum absolute atomic E-state index is 0.0109. The van der Waals surface area contributed by atoms with Crippen LogP contribution in [0.3, 0.4) is 0 Å². The smallest absolute Gasteiger partial charge is 0.253 e. The largest absolute Gasteiger partial charge is 0.349 e. The van der Waals surface area contributed by atoms with Crippen molar-refractivity contribution in [3.63, 3.8) is 0 Å². The lowest BCUT2D eigenvalue weighted by atomic mass is 10.0. The van der Waals surface area contributed by atoms with Crippen LogP contribution in [0.1, 0.15) is 46.6 Å². The molecular formula is C21H29N3O3S. The molecule has 0 bridgehead atoms. The van der Waals surface area contributed by atoms with Gasteiger partial charge < -0.3 is 9.88 Å². The molecule has 2 aromatic rings. The van der Waals surface area contributed by atoms with Crippen molar-refractivity contribution in [1.29, 1.82) is 0 Å². The predicted molar refractivity (Wildman–Crippen MR) is 111 cm³/mol. The number of carbonyl (C=O) groups excluding carboxylic acids is 1. The minimum Gasteiger partial charge on any atom is -0.349 e. The average Bonchev–Trinajstić information content (AvgIpc) is 3.17. The average molecular weight is 404 g/mol. The Bertz CT molecular complexity index is 979. The molecule has 0 spiro atoms. The van der Waals surface area contributed by atoms with E-state index in [1.54, 1.807) is 0 Å². The molecular weight excluding hydrogens is 374 g/mol. The molecule has 152 valence electrons. The van der Waals surface area contributed by atoms with Gasteiger partial charge in [-0.25, -0.2) is 13.1 Å². The predicted octanol–water partition coefficient (Wildman–Crippen LogP) is 2.85. The second-order valence-electron chi connectivity index (χ2n) is 7.80. The van der Waals surface area contributed by atoms with Crippen LogP contribution in [0.5, 0.6) is 0 Å². The van der Waals surface area contributed by atoms with E-state index in [0.717, 1.165) is 48.2 Å². The van der Waals surface area contributed by atoms with Crippen LogP contribution in [0.2, 0.25) is 0 Å². The van der Waals surface area contributed by atoms with Crippen molar-refractivity contribution in [3.05, 3.63) is 52.8 Å². The Morgan fingerprint density at radius 1 is 1.18 bits per heavy atom. The van der Waals surface area contributed by atoms with E-state index in [0.29, 0.717) is 12.1 Å². The lowest BCUT2D eigenvalue weighted by Crippen LogP contribution is -2.42. The van der Waals surface area contributed by atoms with Crippen LogP contribution >= 0.6 is 0 Å². The number of amides is 1. The van der Waals surface area contributed by atoms with Crippen molar-refractivity contribution in [2.24, 2.45) is 5.92 Å². The maximum atomic E-state index is 13.0. The van der Waals surface area contributed by atoms with Gasteiger partial charge >= 0.3 is 0 Å². The first-order valence-electron chi connectivity index (χ1n) is 9.68. The van der Waals surface area contributed by atoms with E-state index in [2.05, 4.69) is 33.7 Å². The molecule has 2 atom stereocenters. The van der Waals surface area contributed by atoms with Gasteiger partial charge in [-0.3, -0.25) is 4.79 Å². The summed E-state index contributed by atoms with van der Waals surface area (Å²) >= 11 is 0. The fourth-order valence-electron chi connectivity index (χ4n) is 4.15. The van der Waals surface area contributed by atoms with E-state index >= 15 is 0 Å². The van der Waals surface area contributed by atoms with Gasteiger partial charge in [0.1, 0.15) is 0 Å². The number of aromatic nitrogens is 1. The van der Waals surface area contributed by atoms with Crippen molar-refractivity contribution < 1.29 is 13.2 Å². The van der Waals surface area contributed by atoms with Gasteiger partial charge in [0.25, 0.3) is 5.91 Å². The number of hydrogen-bond acceptors (Lipinski definition) is 3. The fraction of sp³-hybridized carbons (Fsp3) is 0.476. The molecule has 7 heteroatoms. The summed E-state index contributed by atoms with van der Waals surface area (Å²) in [7, 11) is -3.23. The molecule has 0 radical (unpaired) electrons. The number of benzene rings is 1. The molecule has 1 fully saturated rings. The van der Waals surface area contributed by atoms with Gasteiger partial charge in [-0.1, -0.05) is 24.6 Å². The summed E-state index contributed by atoms with van der Waals surface area (Å²) in [6, 6.07) is 10.0. The van der Waals surface area contributed by atoms with Gasteiger partial charge in [-0.05, 0) is 57.2 Å². The molecule has 1 amide bonds. The molecule has 1 saturated carbocycles. The normalized spacial score (nSPS) is 19.7. The topological polar surface area (TPSA) is 80.2 Å². The molecule has 3 rings (SSSR count). The third-order valence-electron chi connectivity index (χ3n) is 5.62. The van der Waals surface area contributed by atoms with E-state index in [1.165, 1.54) is 0 Å². The number of nitrogens with one attached hydrogen (secondary N) is 2. The molecule has 1 aromatic heterocycles. The molecule has 1 aliphatic carbocycles. The number of para-hydroxylation sites is 1. The van der Waals surface area contributed by atoms with Crippen LogP contribution in [0.25, 0.3) is 5.69 Å². The van der Waals surface area contributed by atoms with E-state index < -0.39 is 10.0 Å². The molecule has 1 aromatic carbocycles. The molecule has 2 unspecified atom stereocenters. The summed E-state index contributed by atoms with van der Waals surface area (Å²) in [5.74, 6) is 0.0303. The summed E-state index contributed by atoms with van der Waals surface area (Å²) in [5, 5.41) is 3.14. The molecule has 1 heterocycles. The monoisotopic (exact) mass is 403 g/mol. The molecule has 0 saturated heterocycles. The first-order valence-corrected chi connectivity index (χ1v) is 11.6. The molecule has 0 aliphatic heterocycles. The fourth-order valence-corrected chi connectivity index (χ4v) is 4.67.